The van der Waals surface area contributed by atoms with Gasteiger partial charge < -0.3 is 15.5 Å². The second kappa shape index (κ2) is 5.07. The summed E-state index contributed by atoms with van der Waals surface area (Å²) in [6.45, 7) is 4.46. The van der Waals surface area contributed by atoms with Gasteiger partial charge in [-0.2, -0.15) is 0 Å². The number of nitrogens with zero attached hydrogens (tertiary/aromatic N) is 1. The van der Waals surface area contributed by atoms with E-state index in [4.69, 9.17) is 0 Å². The van der Waals surface area contributed by atoms with Gasteiger partial charge in [0.2, 0.25) is 0 Å². The zero-order valence-electron chi connectivity index (χ0n) is 8.47. The molecule has 0 aromatic rings. The lowest BCUT2D eigenvalue weighted by atomic mass is 10.2. The number of hydrogen-bond acceptors (Lipinski definition) is 2. The summed E-state index contributed by atoms with van der Waals surface area (Å²) in [5, 5.41) is 5.95. The third-order valence-electron chi connectivity index (χ3n) is 2.41. The quantitative estimate of drug-likeness (QED) is 0.668. The van der Waals surface area contributed by atoms with Gasteiger partial charge in [0.25, 0.3) is 0 Å². The van der Waals surface area contributed by atoms with E-state index in [1.54, 1.807) is 0 Å². The van der Waals surface area contributed by atoms with Gasteiger partial charge in [0.1, 0.15) is 0 Å². The maximum absolute atomic E-state index is 11.5. The highest BCUT2D eigenvalue weighted by molar-refractivity contribution is 5.74. The van der Waals surface area contributed by atoms with Crippen molar-refractivity contribution in [2.75, 3.05) is 26.7 Å². The SMILES string of the molecule is CCNC(=O)N1CCCC1CNC. The molecule has 1 unspecified atom stereocenters. The molecule has 4 nitrogen and oxygen atoms in total. The molecule has 0 bridgehead atoms. The summed E-state index contributed by atoms with van der Waals surface area (Å²) >= 11 is 0. The summed E-state index contributed by atoms with van der Waals surface area (Å²) in [5.41, 5.74) is 0. The van der Waals surface area contributed by atoms with Crippen LogP contribution in [0, 0.1) is 0 Å². The molecule has 0 aliphatic carbocycles. The summed E-state index contributed by atoms with van der Waals surface area (Å²) in [7, 11) is 1.92. The van der Waals surface area contributed by atoms with E-state index in [0.717, 1.165) is 25.9 Å². The molecule has 2 N–H and O–H groups in total. The summed E-state index contributed by atoms with van der Waals surface area (Å²) in [4.78, 5) is 13.4. The number of carbonyl (C=O) groups is 1. The Balaban J connectivity index is 2.42. The first-order valence-corrected chi connectivity index (χ1v) is 4.98. The highest BCUT2D eigenvalue weighted by atomic mass is 16.2. The molecule has 1 fully saturated rings. The van der Waals surface area contributed by atoms with Gasteiger partial charge in [0.05, 0.1) is 0 Å². The van der Waals surface area contributed by atoms with Crippen LogP contribution in [0.3, 0.4) is 0 Å². The minimum absolute atomic E-state index is 0.0836. The van der Waals surface area contributed by atoms with Crippen LogP contribution in [0.5, 0.6) is 0 Å². The number of hydrogen-bond donors (Lipinski definition) is 2. The summed E-state index contributed by atoms with van der Waals surface area (Å²) < 4.78 is 0. The van der Waals surface area contributed by atoms with Crippen LogP contribution in [0.2, 0.25) is 0 Å². The van der Waals surface area contributed by atoms with Gasteiger partial charge in [-0.1, -0.05) is 0 Å². The van der Waals surface area contributed by atoms with Crippen molar-refractivity contribution in [3.63, 3.8) is 0 Å². The Morgan fingerprint density at radius 2 is 2.38 bits per heavy atom. The van der Waals surface area contributed by atoms with Gasteiger partial charge in [-0.15, -0.1) is 0 Å². The van der Waals surface area contributed by atoms with Crippen molar-refractivity contribution in [3.05, 3.63) is 0 Å². The number of nitrogens with one attached hydrogen (secondary N) is 2. The van der Waals surface area contributed by atoms with Crippen LogP contribution in [-0.4, -0.2) is 43.7 Å². The van der Waals surface area contributed by atoms with Crippen molar-refractivity contribution in [1.29, 1.82) is 0 Å². The highest BCUT2D eigenvalue weighted by Gasteiger charge is 2.27. The maximum atomic E-state index is 11.5. The molecule has 0 spiro atoms. The molecule has 0 aromatic carbocycles. The molecule has 76 valence electrons. The molecule has 0 radical (unpaired) electrons. The zero-order chi connectivity index (χ0) is 9.68. The van der Waals surface area contributed by atoms with E-state index in [0.29, 0.717) is 12.6 Å². The van der Waals surface area contributed by atoms with Gasteiger partial charge in [-0.25, -0.2) is 4.79 Å². The molecule has 13 heavy (non-hydrogen) atoms. The molecule has 0 saturated carbocycles. The molecule has 2 amide bonds. The number of rotatable bonds is 3. The van der Waals surface area contributed by atoms with Crippen molar-refractivity contribution in [2.45, 2.75) is 25.8 Å². The molecule has 1 rings (SSSR count). The minimum Gasteiger partial charge on any atom is -0.338 e. The second-order valence-electron chi connectivity index (χ2n) is 3.38. The number of urea groups is 1. The van der Waals surface area contributed by atoms with Gasteiger partial charge in [-0.3, -0.25) is 0 Å². The van der Waals surface area contributed by atoms with Crippen molar-refractivity contribution in [3.8, 4) is 0 Å². The molecule has 1 aliphatic rings. The Labute approximate surface area is 79.7 Å². The standard InChI is InChI=1S/C9H19N3O/c1-3-11-9(13)12-6-4-5-8(12)7-10-2/h8,10H,3-7H2,1-2H3,(H,11,13). The van der Waals surface area contributed by atoms with Crippen LogP contribution in [-0.2, 0) is 0 Å². The van der Waals surface area contributed by atoms with E-state index in [1.807, 2.05) is 18.9 Å². The fraction of sp³-hybridized carbons (Fsp3) is 0.889. The summed E-state index contributed by atoms with van der Waals surface area (Å²) in [5.74, 6) is 0. The maximum Gasteiger partial charge on any atom is 0.317 e. The molecular weight excluding hydrogens is 166 g/mol. The first-order valence-electron chi connectivity index (χ1n) is 4.98. The van der Waals surface area contributed by atoms with Gasteiger partial charge in [0.15, 0.2) is 0 Å². The summed E-state index contributed by atoms with van der Waals surface area (Å²) in [6.07, 6.45) is 2.25. The number of likely N-dealkylation sites (tertiary alicyclic amines) is 1. The normalized spacial score (nSPS) is 22.0. The molecule has 1 atom stereocenters. The Kier molecular flexibility index (Phi) is 4.02. The Hall–Kier alpha value is -0.770. The Bertz CT molecular complexity index is 172. The van der Waals surface area contributed by atoms with Crippen LogP contribution in [0.15, 0.2) is 0 Å². The van der Waals surface area contributed by atoms with E-state index in [-0.39, 0.29) is 6.03 Å². The fourth-order valence-corrected chi connectivity index (χ4v) is 1.80. The lowest BCUT2D eigenvalue weighted by molar-refractivity contribution is 0.193. The third-order valence-corrected chi connectivity index (χ3v) is 2.41. The first kappa shape index (κ1) is 10.3. The average Bonchev–Trinajstić information content (AvgIpc) is 2.54. The Morgan fingerprint density at radius 1 is 1.62 bits per heavy atom. The van der Waals surface area contributed by atoms with Crippen molar-refractivity contribution in [2.24, 2.45) is 0 Å². The van der Waals surface area contributed by atoms with Crippen LogP contribution in [0.1, 0.15) is 19.8 Å². The Morgan fingerprint density at radius 3 is 3.00 bits per heavy atom. The van der Waals surface area contributed by atoms with Crippen molar-refractivity contribution < 1.29 is 4.79 Å². The minimum atomic E-state index is 0.0836. The number of amides is 2. The smallest absolute Gasteiger partial charge is 0.317 e. The fourth-order valence-electron chi connectivity index (χ4n) is 1.80. The lowest BCUT2D eigenvalue weighted by Gasteiger charge is -2.24. The first-order chi connectivity index (χ1) is 6.29. The van der Waals surface area contributed by atoms with Gasteiger partial charge in [0, 0.05) is 25.7 Å². The average molecular weight is 185 g/mol. The van der Waals surface area contributed by atoms with Crippen LogP contribution in [0.25, 0.3) is 0 Å². The van der Waals surface area contributed by atoms with E-state index in [1.165, 1.54) is 0 Å². The van der Waals surface area contributed by atoms with Crippen molar-refractivity contribution >= 4 is 6.03 Å². The van der Waals surface area contributed by atoms with Gasteiger partial charge >= 0.3 is 6.03 Å². The van der Waals surface area contributed by atoms with E-state index in [2.05, 4.69) is 10.6 Å². The van der Waals surface area contributed by atoms with Crippen LogP contribution >= 0.6 is 0 Å². The summed E-state index contributed by atoms with van der Waals surface area (Å²) in [6, 6.07) is 0.469. The zero-order valence-corrected chi connectivity index (χ0v) is 8.47. The van der Waals surface area contributed by atoms with Crippen molar-refractivity contribution in [1.82, 2.24) is 15.5 Å². The third kappa shape index (κ3) is 2.59. The monoisotopic (exact) mass is 185 g/mol. The molecule has 1 saturated heterocycles. The molecule has 4 heteroatoms. The number of carbonyl (C=O) groups excluding carboxylic acids is 1. The van der Waals surface area contributed by atoms with E-state index < -0.39 is 0 Å². The molecule has 0 aromatic heterocycles. The molecule has 1 aliphatic heterocycles. The lowest BCUT2D eigenvalue weighted by Crippen LogP contribution is -2.45. The molecular formula is C9H19N3O. The predicted octanol–water partition coefficient (Wildman–Crippen LogP) is 0.400. The number of likely N-dealkylation sites (N-methyl/N-ethyl adjacent to an activating group) is 1. The predicted molar refractivity (Wildman–Crippen MR) is 52.7 cm³/mol. The van der Waals surface area contributed by atoms with Gasteiger partial charge in [-0.05, 0) is 26.8 Å². The van der Waals surface area contributed by atoms with Crippen LogP contribution < -0.4 is 10.6 Å². The molecule has 1 heterocycles. The topological polar surface area (TPSA) is 44.4 Å². The van der Waals surface area contributed by atoms with Crippen LogP contribution in [0.4, 0.5) is 4.79 Å². The van der Waals surface area contributed by atoms with E-state index >= 15 is 0 Å². The second-order valence-corrected chi connectivity index (χ2v) is 3.38. The van der Waals surface area contributed by atoms with E-state index in [9.17, 15) is 4.79 Å². The highest BCUT2D eigenvalue weighted by Crippen LogP contribution is 2.16. The largest absolute Gasteiger partial charge is 0.338 e.